The van der Waals surface area contributed by atoms with Crippen LogP contribution < -0.4 is 4.90 Å². The van der Waals surface area contributed by atoms with Crippen molar-refractivity contribution in [2.24, 2.45) is 0 Å². The molecule has 0 spiro atoms. The predicted molar refractivity (Wildman–Crippen MR) is 69.3 cm³/mol. The van der Waals surface area contributed by atoms with E-state index in [2.05, 4.69) is 41.9 Å². The van der Waals surface area contributed by atoms with E-state index in [-0.39, 0.29) is 6.10 Å². The quantitative estimate of drug-likeness (QED) is 0.844. The molecular weight excluding hydrogens is 214 g/mol. The number of β-amino-alcohol motifs (C(OH)–C–C–N with tert-alkyl or cyclic N) is 1. The molecule has 2 unspecified atom stereocenters. The summed E-state index contributed by atoms with van der Waals surface area (Å²) in [4.78, 5) is 8.79. The molecule has 94 valence electrons. The van der Waals surface area contributed by atoms with Crippen LogP contribution in [0.3, 0.4) is 0 Å². The van der Waals surface area contributed by atoms with Crippen LogP contribution in [0.15, 0.2) is 18.3 Å². The monoisotopic (exact) mass is 235 g/mol. The number of likely N-dealkylation sites (N-methyl/N-ethyl adjacent to an activating group) is 1. The number of aryl methyl sites for hydroxylation is 1. The van der Waals surface area contributed by atoms with Gasteiger partial charge in [-0.2, -0.15) is 0 Å². The topological polar surface area (TPSA) is 39.6 Å². The molecule has 1 fully saturated rings. The van der Waals surface area contributed by atoms with Gasteiger partial charge in [-0.1, -0.05) is 0 Å². The van der Waals surface area contributed by atoms with Gasteiger partial charge in [0.25, 0.3) is 0 Å². The van der Waals surface area contributed by atoms with Crippen molar-refractivity contribution >= 4 is 5.82 Å². The molecule has 0 bridgehead atoms. The summed E-state index contributed by atoms with van der Waals surface area (Å²) in [6, 6.07) is 4.44. The van der Waals surface area contributed by atoms with E-state index in [1.54, 1.807) is 0 Å². The maximum atomic E-state index is 9.83. The predicted octanol–water partition coefficient (Wildman–Crippen LogP) is 0.891. The third-order valence-corrected chi connectivity index (χ3v) is 3.16. The fourth-order valence-corrected chi connectivity index (χ4v) is 2.44. The fraction of sp³-hybridized carbons (Fsp3) is 0.615. The van der Waals surface area contributed by atoms with Crippen molar-refractivity contribution in [3.63, 3.8) is 0 Å². The van der Waals surface area contributed by atoms with Crippen LogP contribution >= 0.6 is 0 Å². The lowest BCUT2D eigenvalue weighted by Gasteiger charge is -2.27. The lowest BCUT2D eigenvalue weighted by atomic mass is 10.2. The van der Waals surface area contributed by atoms with Gasteiger partial charge in [0.05, 0.1) is 6.10 Å². The number of pyridine rings is 1. The van der Waals surface area contributed by atoms with Gasteiger partial charge in [-0.3, -0.25) is 0 Å². The average Bonchev–Trinajstić information content (AvgIpc) is 2.58. The van der Waals surface area contributed by atoms with E-state index in [1.807, 2.05) is 12.3 Å². The highest BCUT2D eigenvalue weighted by molar-refractivity contribution is 5.43. The first-order valence-electron chi connectivity index (χ1n) is 6.08. The van der Waals surface area contributed by atoms with Gasteiger partial charge in [-0.05, 0) is 45.1 Å². The van der Waals surface area contributed by atoms with E-state index in [1.165, 1.54) is 5.56 Å². The van der Waals surface area contributed by atoms with Crippen molar-refractivity contribution in [2.75, 3.05) is 32.1 Å². The molecule has 1 saturated heterocycles. The highest BCUT2D eigenvalue weighted by Crippen LogP contribution is 2.24. The molecule has 0 amide bonds. The second-order valence-electron chi connectivity index (χ2n) is 5.15. The van der Waals surface area contributed by atoms with Crippen LogP contribution in [0.25, 0.3) is 0 Å². The van der Waals surface area contributed by atoms with E-state index in [4.69, 9.17) is 0 Å². The Hall–Kier alpha value is -1.13. The standard InChI is InChI=1S/C13H21N3O/c1-10-4-5-14-13(6-10)16-9-12(17)7-11(16)8-15(2)3/h4-6,11-12,17H,7-9H2,1-3H3. The van der Waals surface area contributed by atoms with Crippen LogP contribution in [0.1, 0.15) is 12.0 Å². The van der Waals surface area contributed by atoms with Crippen molar-refractivity contribution < 1.29 is 5.11 Å². The van der Waals surface area contributed by atoms with E-state index in [0.717, 1.165) is 18.8 Å². The Morgan fingerprint density at radius 3 is 2.94 bits per heavy atom. The third kappa shape index (κ3) is 2.96. The molecule has 0 aliphatic carbocycles. The van der Waals surface area contributed by atoms with Gasteiger partial charge >= 0.3 is 0 Å². The van der Waals surface area contributed by atoms with Crippen LogP contribution in [-0.4, -0.2) is 54.3 Å². The number of nitrogens with zero attached hydrogens (tertiary/aromatic N) is 3. The zero-order valence-corrected chi connectivity index (χ0v) is 10.8. The Morgan fingerprint density at radius 1 is 1.53 bits per heavy atom. The van der Waals surface area contributed by atoms with Gasteiger partial charge in [0.15, 0.2) is 0 Å². The molecule has 1 aromatic rings. The first-order chi connectivity index (χ1) is 8.06. The summed E-state index contributed by atoms with van der Waals surface area (Å²) in [5.74, 6) is 0.980. The summed E-state index contributed by atoms with van der Waals surface area (Å²) in [5, 5.41) is 9.83. The van der Waals surface area contributed by atoms with Gasteiger partial charge < -0.3 is 14.9 Å². The first-order valence-corrected chi connectivity index (χ1v) is 6.08. The van der Waals surface area contributed by atoms with E-state index >= 15 is 0 Å². The zero-order valence-electron chi connectivity index (χ0n) is 10.8. The van der Waals surface area contributed by atoms with Gasteiger partial charge in [0.1, 0.15) is 5.82 Å². The Morgan fingerprint density at radius 2 is 2.29 bits per heavy atom. The highest BCUT2D eigenvalue weighted by Gasteiger charge is 2.31. The number of hydrogen-bond donors (Lipinski definition) is 1. The Balaban J connectivity index is 2.17. The third-order valence-electron chi connectivity index (χ3n) is 3.16. The molecule has 17 heavy (non-hydrogen) atoms. The number of hydrogen-bond acceptors (Lipinski definition) is 4. The molecule has 1 aliphatic heterocycles. The maximum Gasteiger partial charge on any atom is 0.129 e. The van der Waals surface area contributed by atoms with Gasteiger partial charge in [-0.15, -0.1) is 0 Å². The molecule has 0 aromatic carbocycles. The molecule has 4 heteroatoms. The molecule has 2 rings (SSSR count). The molecule has 1 aromatic heterocycles. The average molecular weight is 235 g/mol. The molecule has 0 radical (unpaired) electrons. The van der Waals surface area contributed by atoms with E-state index < -0.39 is 0 Å². The second kappa shape index (κ2) is 5.02. The van der Waals surface area contributed by atoms with Crippen LogP contribution in [0.5, 0.6) is 0 Å². The van der Waals surface area contributed by atoms with Gasteiger partial charge in [0, 0.05) is 25.3 Å². The smallest absolute Gasteiger partial charge is 0.129 e. The number of aromatic nitrogens is 1. The second-order valence-corrected chi connectivity index (χ2v) is 5.15. The van der Waals surface area contributed by atoms with Crippen molar-refractivity contribution in [1.82, 2.24) is 9.88 Å². The van der Waals surface area contributed by atoms with Crippen LogP contribution in [0.4, 0.5) is 5.82 Å². The minimum atomic E-state index is -0.234. The molecule has 2 atom stereocenters. The fourth-order valence-electron chi connectivity index (χ4n) is 2.44. The van der Waals surface area contributed by atoms with Crippen LogP contribution in [0.2, 0.25) is 0 Å². The molecule has 2 heterocycles. The van der Waals surface area contributed by atoms with Gasteiger partial charge in [-0.25, -0.2) is 4.98 Å². The van der Waals surface area contributed by atoms with Crippen molar-refractivity contribution in [1.29, 1.82) is 0 Å². The maximum absolute atomic E-state index is 9.83. The Labute approximate surface area is 103 Å². The van der Waals surface area contributed by atoms with Crippen molar-refractivity contribution in [3.8, 4) is 0 Å². The van der Waals surface area contributed by atoms with Crippen molar-refractivity contribution in [2.45, 2.75) is 25.5 Å². The number of aliphatic hydroxyl groups is 1. The molecule has 4 nitrogen and oxygen atoms in total. The number of anilines is 1. The molecule has 0 saturated carbocycles. The highest BCUT2D eigenvalue weighted by atomic mass is 16.3. The SMILES string of the molecule is Cc1ccnc(N2CC(O)CC2CN(C)C)c1. The number of aliphatic hydroxyl groups excluding tert-OH is 1. The lowest BCUT2D eigenvalue weighted by Crippen LogP contribution is -2.38. The van der Waals surface area contributed by atoms with Crippen LogP contribution in [-0.2, 0) is 0 Å². The largest absolute Gasteiger partial charge is 0.391 e. The van der Waals surface area contributed by atoms with Gasteiger partial charge in [0.2, 0.25) is 0 Å². The summed E-state index contributed by atoms with van der Waals surface area (Å²) in [7, 11) is 4.12. The number of rotatable bonds is 3. The molecule has 1 N–H and O–H groups in total. The zero-order chi connectivity index (χ0) is 12.4. The summed E-state index contributed by atoms with van der Waals surface area (Å²) < 4.78 is 0. The minimum absolute atomic E-state index is 0.234. The summed E-state index contributed by atoms with van der Waals surface area (Å²) >= 11 is 0. The molecular formula is C13H21N3O. The van der Waals surface area contributed by atoms with Crippen molar-refractivity contribution in [3.05, 3.63) is 23.9 Å². The minimum Gasteiger partial charge on any atom is -0.391 e. The first kappa shape index (κ1) is 12.3. The van der Waals surface area contributed by atoms with E-state index in [9.17, 15) is 5.11 Å². The summed E-state index contributed by atoms with van der Waals surface area (Å²) in [6.07, 6.45) is 2.43. The normalized spacial score (nSPS) is 24.6. The van der Waals surface area contributed by atoms with E-state index in [0.29, 0.717) is 12.6 Å². The Bertz CT molecular complexity index is 381. The van der Waals surface area contributed by atoms with Crippen LogP contribution in [0, 0.1) is 6.92 Å². The summed E-state index contributed by atoms with van der Waals surface area (Å²) in [6.45, 7) is 3.71. The molecule has 1 aliphatic rings. The summed E-state index contributed by atoms with van der Waals surface area (Å²) in [5.41, 5.74) is 1.21. The Kier molecular flexibility index (Phi) is 3.64. The lowest BCUT2D eigenvalue weighted by molar-refractivity contribution is 0.191.